The third kappa shape index (κ3) is 1.81. The summed E-state index contributed by atoms with van der Waals surface area (Å²) in [5, 5.41) is 0. The number of ether oxygens (including phenoxy) is 1. The van der Waals surface area contributed by atoms with Gasteiger partial charge in [0, 0.05) is 19.3 Å². The lowest BCUT2D eigenvalue weighted by Gasteiger charge is -2.14. The maximum absolute atomic E-state index is 5.64. The first-order chi connectivity index (χ1) is 6.81. The van der Waals surface area contributed by atoms with Crippen LogP contribution in [0.5, 0.6) is 0 Å². The van der Waals surface area contributed by atoms with Gasteiger partial charge in [0.15, 0.2) is 0 Å². The first-order valence-electron chi connectivity index (χ1n) is 5.14. The molecule has 0 aliphatic carbocycles. The molecule has 0 aromatic carbocycles. The van der Waals surface area contributed by atoms with Crippen LogP contribution in [0.15, 0.2) is 6.20 Å². The second kappa shape index (κ2) is 4.11. The Balaban J connectivity index is 2.09. The molecule has 0 bridgehead atoms. The van der Waals surface area contributed by atoms with Crippen LogP contribution in [0.3, 0.4) is 0 Å². The fourth-order valence-electron chi connectivity index (χ4n) is 1.92. The second-order valence-corrected chi connectivity index (χ2v) is 3.75. The molecule has 0 saturated carbocycles. The van der Waals surface area contributed by atoms with Gasteiger partial charge in [-0.05, 0) is 19.8 Å². The normalized spacial score (nSPS) is 21.7. The molecule has 0 radical (unpaired) electrons. The number of rotatable bonds is 3. The number of imidazole rings is 1. The summed E-state index contributed by atoms with van der Waals surface area (Å²) < 4.78 is 7.75. The zero-order valence-electron chi connectivity index (χ0n) is 8.57. The molecular formula is C10H17N3O. The van der Waals surface area contributed by atoms with Crippen molar-refractivity contribution in [2.75, 3.05) is 6.61 Å². The Morgan fingerprint density at radius 2 is 2.57 bits per heavy atom. The van der Waals surface area contributed by atoms with Crippen molar-refractivity contribution in [3.05, 3.63) is 17.7 Å². The van der Waals surface area contributed by atoms with E-state index in [0.29, 0.717) is 12.6 Å². The molecule has 78 valence electrons. The van der Waals surface area contributed by atoms with E-state index in [0.717, 1.165) is 31.1 Å². The average Bonchev–Trinajstić information content (AvgIpc) is 2.79. The molecule has 0 amide bonds. The van der Waals surface area contributed by atoms with Gasteiger partial charge >= 0.3 is 0 Å². The van der Waals surface area contributed by atoms with Gasteiger partial charge in [-0.1, -0.05) is 0 Å². The largest absolute Gasteiger partial charge is 0.376 e. The minimum Gasteiger partial charge on any atom is -0.376 e. The van der Waals surface area contributed by atoms with Crippen molar-refractivity contribution < 1.29 is 4.74 Å². The van der Waals surface area contributed by atoms with Crippen molar-refractivity contribution >= 4 is 0 Å². The summed E-state index contributed by atoms with van der Waals surface area (Å²) in [6.45, 7) is 4.36. The van der Waals surface area contributed by atoms with Gasteiger partial charge in [-0.25, -0.2) is 4.98 Å². The molecule has 1 aromatic rings. The molecular weight excluding hydrogens is 178 g/mol. The predicted molar refractivity (Wildman–Crippen MR) is 53.8 cm³/mol. The number of aryl methyl sites for hydroxylation is 1. The highest BCUT2D eigenvalue weighted by Crippen LogP contribution is 2.16. The summed E-state index contributed by atoms with van der Waals surface area (Å²) >= 11 is 0. The number of hydrogen-bond donors (Lipinski definition) is 1. The van der Waals surface area contributed by atoms with Gasteiger partial charge in [0.05, 0.1) is 18.3 Å². The Morgan fingerprint density at radius 3 is 3.21 bits per heavy atom. The van der Waals surface area contributed by atoms with Gasteiger partial charge in [0.25, 0.3) is 0 Å². The van der Waals surface area contributed by atoms with Crippen molar-refractivity contribution in [3.63, 3.8) is 0 Å². The van der Waals surface area contributed by atoms with E-state index in [2.05, 4.69) is 9.55 Å². The number of nitrogens with two attached hydrogens (primary N) is 1. The van der Waals surface area contributed by atoms with Crippen LogP contribution in [0, 0.1) is 6.92 Å². The summed E-state index contributed by atoms with van der Waals surface area (Å²) in [6.07, 6.45) is 4.54. The standard InChI is InChI=1S/C10H17N3O/c1-8-12-6-9(5-11)13(8)7-10-3-2-4-14-10/h6,10H,2-5,7,11H2,1H3. The van der Waals surface area contributed by atoms with Gasteiger partial charge in [0.1, 0.15) is 5.82 Å². The van der Waals surface area contributed by atoms with Crippen LogP contribution in [-0.4, -0.2) is 22.3 Å². The lowest BCUT2D eigenvalue weighted by atomic mass is 10.2. The molecule has 1 unspecified atom stereocenters. The van der Waals surface area contributed by atoms with Crippen molar-refractivity contribution in [2.24, 2.45) is 5.73 Å². The van der Waals surface area contributed by atoms with E-state index in [9.17, 15) is 0 Å². The van der Waals surface area contributed by atoms with Gasteiger partial charge in [-0.3, -0.25) is 0 Å². The molecule has 1 aliphatic rings. The summed E-state index contributed by atoms with van der Waals surface area (Å²) in [4.78, 5) is 4.26. The zero-order valence-corrected chi connectivity index (χ0v) is 8.57. The number of nitrogens with zero attached hydrogens (tertiary/aromatic N) is 2. The van der Waals surface area contributed by atoms with Crippen LogP contribution in [0.2, 0.25) is 0 Å². The molecule has 14 heavy (non-hydrogen) atoms. The van der Waals surface area contributed by atoms with Crippen molar-refractivity contribution in [3.8, 4) is 0 Å². The number of hydrogen-bond acceptors (Lipinski definition) is 3. The molecule has 2 rings (SSSR count). The molecule has 1 aromatic heterocycles. The molecule has 1 atom stereocenters. The van der Waals surface area contributed by atoms with E-state index < -0.39 is 0 Å². The molecule has 1 fully saturated rings. The smallest absolute Gasteiger partial charge is 0.105 e. The van der Waals surface area contributed by atoms with Crippen LogP contribution in [0.25, 0.3) is 0 Å². The fourth-order valence-corrected chi connectivity index (χ4v) is 1.92. The molecule has 4 heteroatoms. The maximum Gasteiger partial charge on any atom is 0.105 e. The van der Waals surface area contributed by atoms with Gasteiger partial charge < -0.3 is 15.0 Å². The minimum absolute atomic E-state index is 0.355. The third-order valence-corrected chi connectivity index (χ3v) is 2.76. The highest BCUT2D eigenvalue weighted by atomic mass is 16.5. The van der Waals surface area contributed by atoms with Crippen LogP contribution >= 0.6 is 0 Å². The molecule has 0 spiro atoms. The Hall–Kier alpha value is -0.870. The maximum atomic E-state index is 5.64. The van der Waals surface area contributed by atoms with E-state index >= 15 is 0 Å². The summed E-state index contributed by atoms with van der Waals surface area (Å²) in [5.41, 5.74) is 6.73. The van der Waals surface area contributed by atoms with Crippen molar-refractivity contribution in [2.45, 2.75) is 39.0 Å². The van der Waals surface area contributed by atoms with Gasteiger partial charge in [0.2, 0.25) is 0 Å². The Labute approximate surface area is 84.1 Å². The quantitative estimate of drug-likeness (QED) is 0.777. The topological polar surface area (TPSA) is 53.1 Å². The SMILES string of the molecule is Cc1ncc(CN)n1CC1CCCO1. The summed E-state index contributed by atoms with van der Waals surface area (Å²) in [5.74, 6) is 1.03. The fraction of sp³-hybridized carbons (Fsp3) is 0.700. The molecule has 1 aliphatic heterocycles. The van der Waals surface area contributed by atoms with Crippen LogP contribution in [0.4, 0.5) is 0 Å². The van der Waals surface area contributed by atoms with E-state index in [4.69, 9.17) is 10.5 Å². The molecule has 2 N–H and O–H groups in total. The van der Waals surface area contributed by atoms with Gasteiger partial charge in [-0.2, -0.15) is 0 Å². The Kier molecular flexibility index (Phi) is 2.84. The Morgan fingerprint density at radius 1 is 1.71 bits per heavy atom. The minimum atomic E-state index is 0.355. The van der Waals surface area contributed by atoms with Crippen LogP contribution < -0.4 is 5.73 Å². The van der Waals surface area contributed by atoms with Crippen LogP contribution in [0.1, 0.15) is 24.4 Å². The zero-order chi connectivity index (χ0) is 9.97. The predicted octanol–water partition coefficient (Wildman–Crippen LogP) is 0.829. The summed E-state index contributed by atoms with van der Waals surface area (Å²) in [7, 11) is 0. The molecule has 2 heterocycles. The first-order valence-corrected chi connectivity index (χ1v) is 5.14. The highest BCUT2D eigenvalue weighted by Gasteiger charge is 2.17. The molecule has 4 nitrogen and oxygen atoms in total. The highest BCUT2D eigenvalue weighted by molar-refractivity contribution is 5.04. The van der Waals surface area contributed by atoms with E-state index in [1.165, 1.54) is 6.42 Å². The first kappa shape index (κ1) is 9.68. The van der Waals surface area contributed by atoms with E-state index in [-0.39, 0.29) is 0 Å². The summed E-state index contributed by atoms with van der Waals surface area (Å²) in [6, 6.07) is 0. The van der Waals surface area contributed by atoms with Crippen molar-refractivity contribution in [1.29, 1.82) is 0 Å². The third-order valence-electron chi connectivity index (χ3n) is 2.76. The van der Waals surface area contributed by atoms with E-state index in [1.54, 1.807) is 0 Å². The lowest BCUT2D eigenvalue weighted by Crippen LogP contribution is -2.19. The lowest BCUT2D eigenvalue weighted by molar-refractivity contribution is 0.0958. The number of aromatic nitrogens is 2. The second-order valence-electron chi connectivity index (χ2n) is 3.75. The van der Waals surface area contributed by atoms with E-state index in [1.807, 2.05) is 13.1 Å². The molecule has 1 saturated heterocycles. The Bertz CT molecular complexity index is 302. The van der Waals surface area contributed by atoms with Crippen molar-refractivity contribution in [1.82, 2.24) is 9.55 Å². The monoisotopic (exact) mass is 195 g/mol. The average molecular weight is 195 g/mol. The van der Waals surface area contributed by atoms with Gasteiger partial charge in [-0.15, -0.1) is 0 Å². The van der Waals surface area contributed by atoms with Crippen LogP contribution in [-0.2, 0) is 17.8 Å².